The van der Waals surface area contributed by atoms with E-state index in [4.69, 9.17) is 5.11 Å². The van der Waals surface area contributed by atoms with E-state index in [0.29, 0.717) is 0 Å². The van der Waals surface area contributed by atoms with Crippen molar-refractivity contribution in [3.05, 3.63) is 41.8 Å². The molecule has 0 fully saturated rings. The van der Waals surface area contributed by atoms with Gasteiger partial charge in [0.15, 0.2) is 9.84 Å². The third-order valence-corrected chi connectivity index (χ3v) is 4.12. The summed E-state index contributed by atoms with van der Waals surface area (Å²) in [7, 11) is -3.72. The Morgan fingerprint density at radius 1 is 1.19 bits per heavy atom. The first-order valence-corrected chi connectivity index (χ1v) is 7.80. The molecule has 6 nitrogen and oxygen atoms in total. The monoisotopic (exact) mass is 311 g/mol. The molecule has 0 bridgehead atoms. The van der Waals surface area contributed by atoms with E-state index in [1.165, 1.54) is 12.1 Å². The minimum absolute atomic E-state index is 0.0627. The van der Waals surface area contributed by atoms with E-state index in [9.17, 15) is 18.0 Å². The Kier molecular flexibility index (Phi) is 5.66. The summed E-state index contributed by atoms with van der Waals surface area (Å²) in [6.07, 6.45) is 0.820. The predicted molar refractivity (Wildman–Crippen MR) is 77.2 cm³/mol. The van der Waals surface area contributed by atoms with Crippen LogP contribution in [-0.4, -0.2) is 31.4 Å². The number of hydrogen-bond donors (Lipinski definition) is 2. The lowest BCUT2D eigenvalue weighted by Gasteiger charge is -2.16. The fourth-order valence-electron chi connectivity index (χ4n) is 1.56. The van der Waals surface area contributed by atoms with Gasteiger partial charge in [0.1, 0.15) is 6.04 Å². The average Bonchev–Trinajstić information content (AvgIpc) is 2.43. The molecule has 0 aliphatic heterocycles. The second-order valence-corrected chi connectivity index (χ2v) is 6.56. The van der Waals surface area contributed by atoms with Crippen LogP contribution in [0.2, 0.25) is 0 Å². The van der Waals surface area contributed by atoms with Crippen LogP contribution in [0.3, 0.4) is 0 Å². The average molecular weight is 311 g/mol. The highest BCUT2D eigenvalue weighted by Crippen LogP contribution is 2.11. The van der Waals surface area contributed by atoms with Crippen molar-refractivity contribution in [2.75, 3.05) is 0 Å². The van der Waals surface area contributed by atoms with Gasteiger partial charge in [-0.25, -0.2) is 13.2 Å². The summed E-state index contributed by atoms with van der Waals surface area (Å²) >= 11 is 0. The van der Waals surface area contributed by atoms with Crippen LogP contribution >= 0.6 is 0 Å². The van der Waals surface area contributed by atoms with Crippen LogP contribution < -0.4 is 5.32 Å². The normalized spacial score (nSPS) is 13.3. The zero-order chi connectivity index (χ0) is 16.0. The number of sulfone groups is 1. The lowest BCUT2D eigenvalue weighted by Crippen LogP contribution is -2.43. The maximum Gasteiger partial charge on any atom is 0.326 e. The summed E-state index contributed by atoms with van der Waals surface area (Å²) in [5.41, 5.74) is 0. The van der Waals surface area contributed by atoms with Gasteiger partial charge in [-0.1, -0.05) is 32.0 Å². The molecule has 1 amide bonds. The molecule has 0 saturated heterocycles. The Morgan fingerprint density at radius 3 is 2.24 bits per heavy atom. The number of nitrogens with one attached hydrogen (secondary N) is 1. The molecule has 0 aliphatic rings. The van der Waals surface area contributed by atoms with E-state index in [-0.39, 0.29) is 10.8 Å². The van der Waals surface area contributed by atoms with Gasteiger partial charge in [-0.3, -0.25) is 4.79 Å². The molecule has 1 aromatic carbocycles. The van der Waals surface area contributed by atoms with E-state index >= 15 is 0 Å². The summed E-state index contributed by atoms with van der Waals surface area (Å²) in [6, 6.07) is 6.56. The zero-order valence-electron chi connectivity index (χ0n) is 11.7. The Hall–Kier alpha value is -2.15. The van der Waals surface area contributed by atoms with E-state index in [2.05, 4.69) is 5.32 Å². The number of amides is 1. The highest BCUT2D eigenvalue weighted by molar-refractivity contribution is 7.94. The van der Waals surface area contributed by atoms with Crippen molar-refractivity contribution in [3.63, 3.8) is 0 Å². The lowest BCUT2D eigenvalue weighted by molar-refractivity contribution is -0.142. The third-order valence-electron chi connectivity index (χ3n) is 2.70. The Bertz CT molecular complexity index is 635. The first-order valence-electron chi connectivity index (χ1n) is 6.25. The standard InChI is InChI=1S/C14H17NO5S/c1-10(2)13(14(17)18)15-12(16)8-9-21(19,20)11-6-4-3-5-7-11/h3-10,13H,1-2H3,(H,15,16)(H,17,18)/t13-/m1/s1. The van der Waals surface area contributed by atoms with Crippen molar-refractivity contribution in [3.8, 4) is 0 Å². The summed E-state index contributed by atoms with van der Waals surface area (Å²) in [5.74, 6) is -2.25. The molecule has 0 heterocycles. The van der Waals surface area contributed by atoms with Crippen LogP contribution in [0, 0.1) is 5.92 Å². The molecule has 1 rings (SSSR count). The second-order valence-electron chi connectivity index (χ2n) is 4.73. The quantitative estimate of drug-likeness (QED) is 0.769. The van der Waals surface area contributed by atoms with E-state index in [1.54, 1.807) is 32.0 Å². The molecule has 0 aromatic heterocycles. The number of carboxylic acids is 1. The summed E-state index contributed by atoms with van der Waals surface area (Å²) in [5, 5.41) is 12.0. The maximum absolute atomic E-state index is 11.9. The third kappa shape index (κ3) is 5.03. The van der Waals surface area contributed by atoms with Gasteiger partial charge in [0.2, 0.25) is 5.91 Å². The minimum Gasteiger partial charge on any atom is -0.480 e. The summed E-state index contributed by atoms with van der Waals surface area (Å²) < 4.78 is 23.8. The molecule has 114 valence electrons. The highest BCUT2D eigenvalue weighted by atomic mass is 32.2. The summed E-state index contributed by atoms with van der Waals surface area (Å²) in [4.78, 5) is 22.6. The number of aliphatic carboxylic acids is 1. The molecule has 1 aromatic rings. The van der Waals surface area contributed by atoms with Gasteiger partial charge in [-0.05, 0) is 18.1 Å². The van der Waals surface area contributed by atoms with Gasteiger partial charge in [0, 0.05) is 11.5 Å². The van der Waals surface area contributed by atoms with Crippen LogP contribution in [0.15, 0.2) is 46.7 Å². The molecule has 7 heteroatoms. The van der Waals surface area contributed by atoms with Gasteiger partial charge < -0.3 is 10.4 Å². The van der Waals surface area contributed by atoms with Crippen molar-refractivity contribution in [1.29, 1.82) is 0 Å². The van der Waals surface area contributed by atoms with E-state index in [0.717, 1.165) is 11.5 Å². The number of benzene rings is 1. The molecule has 21 heavy (non-hydrogen) atoms. The fraction of sp³-hybridized carbons (Fsp3) is 0.286. The number of rotatable bonds is 6. The van der Waals surface area contributed by atoms with Gasteiger partial charge in [-0.2, -0.15) is 0 Å². The predicted octanol–water partition coefficient (Wildman–Crippen LogP) is 1.20. The van der Waals surface area contributed by atoms with Crippen molar-refractivity contribution in [2.45, 2.75) is 24.8 Å². The van der Waals surface area contributed by atoms with Crippen molar-refractivity contribution in [1.82, 2.24) is 5.32 Å². The number of carboxylic acid groups (broad SMARTS) is 1. The molecular formula is C14H17NO5S. The lowest BCUT2D eigenvalue weighted by atomic mass is 10.1. The fourth-order valence-corrected chi connectivity index (χ4v) is 2.55. The van der Waals surface area contributed by atoms with Gasteiger partial charge in [0.25, 0.3) is 0 Å². The molecule has 0 unspecified atom stereocenters. The Labute approximate surface area is 123 Å². The van der Waals surface area contributed by atoms with Crippen molar-refractivity contribution >= 4 is 21.7 Å². The molecule has 0 spiro atoms. The van der Waals surface area contributed by atoms with Crippen LogP contribution in [0.4, 0.5) is 0 Å². The van der Waals surface area contributed by atoms with Gasteiger partial charge in [0.05, 0.1) is 4.90 Å². The van der Waals surface area contributed by atoms with Crippen LogP contribution in [0.25, 0.3) is 0 Å². The highest BCUT2D eigenvalue weighted by Gasteiger charge is 2.22. The number of carbonyl (C=O) groups excluding carboxylic acids is 1. The van der Waals surface area contributed by atoms with Gasteiger partial charge >= 0.3 is 5.97 Å². The molecule has 1 atom stereocenters. The first-order chi connectivity index (χ1) is 9.74. The SMILES string of the molecule is CC(C)[C@@H](NC(=O)C=CS(=O)(=O)c1ccccc1)C(=O)O. The topological polar surface area (TPSA) is 101 Å². The van der Waals surface area contributed by atoms with E-state index < -0.39 is 27.8 Å². The molecule has 0 aliphatic carbocycles. The largest absolute Gasteiger partial charge is 0.480 e. The van der Waals surface area contributed by atoms with Crippen molar-refractivity contribution < 1.29 is 23.1 Å². The van der Waals surface area contributed by atoms with Crippen molar-refractivity contribution in [2.24, 2.45) is 5.92 Å². The first kappa shape index (κ1) is 16.9. The minimum atomic E-state index is -3.72. The van der Waals surface area contributed by atoms with Gasteiger partial charge in [-0.15, -0.1) is 0 Å². The second kappa shape index (κ2) is 7.03. The molecule has 2 N–H and O–H groups in total. The number of carbonyl (C=O) groups is 2. The maximum atomic E-state index is 11.9. The van der Waals surface area contributed by atoms with Crippen LogP contribution in [-0.2, 0) is 19.4 Å². The summed E-state index contributed by atoms with van der Waals surface area (Å²) in [6.45, 7) is 3.28. The number of hydrogen-bond acceptors (Lipinski definition) is 4. The molecule has 0 saturated carbocycles. The van der Waals surface area contributed by atoms with E-state index in [1.807, 2.05) is 0 Å². The van der Waals surface area contributed by atoms with Crippen LogP contribution in [0.1, 0.15) is 13.8 Å². The molecule has 0 radical (unpaired) electrons. The Balaban J connectivity index is 2.81. The molecular weight excluding hydrogens is 294 g/mol. The zero-order valence-corrected chi connectivity index (χ0v) is 12.5. The Morgan fingerprint density at radius 2 is 1.76 bits per heavy atom. The van der Waals surface area contributed by atoms with Crippen LogP contribution in [0.5, 0.6) is 0 Å². The smallest absolute Gasteiger partial charge is 0.326 e.